The van der Waals surface area contributed by atoms with Crippen LogP contribution >= 0.6 is 0 Å². The Morgan fingerprint density at radius 2 is 2.26 bits per heavy atom. The van der Waals surface area contributed by atoms with Gasteiger partial charge in [0, 0.05) is 19.0 Å². The van der Waals surface area contributed by atoms with Crippen molar-refractivity contribution in [3.8, 4) is 5.75 Å². The average Bonchev–Trinajstić information content (AvgIpc) is 2.47. The minimum atomic E-state index is 0.122. The second-order valence-electron chi connectivity index (χ2n) is 4.79. The minimum absolute atomic E-state index is 0.122. The van der Waals surface area contributed by atoms with Crippen LogP contribution in [0.4, 0.5) is 5.69 Å². The first-order valence-electron chi connectivity index (χ1n) is 6.68. The van der Waals surface area contributed by atoms with Gasteiger partial charge in [0.2, 0.25) is 5.91 Å². The van der Waals surface area contributed by atoms with Gasteiger partial charge in [0.25, 0.3) is 0 Å². The summed E-state index contributed by atoms with van der Waals surface area (Å²) < 4.78 is 10.9. The lowest BCUT2D eigenvalue weighted by Gasteiger charge is -2.31. The van der Waals surface area contributed by atoms with Gasteiger partial charge in [-0.2, -0.15) is 0 Å². The van der Waals surface area contributed by atoms with E-state index in [9.17, 15) is 4.79 Å². The number of amides is 1. The molecule has 0 bridgehead atoms. The van der Waals surface area contributed by atoms with Crippen LogP contribution in [-0.2, 0) is 9.53 Å². The number of carbonyl (C=O) groups excluding carboxylic acids is 1. The van der Waals surface area contributed by atoms with E-state index in [2.05, 4.69) is 5.32 Å². The van der Waals surface area contributed by atoms with Gasteiger partial charge < -0.3 is 19.7 Å². The van der Waals surface area contributed by atoms with Crippen molar-refractivity contribution in [1.82, 2.24) is 5.32 Å². The zero-order valence-corrected chi connectivity index (χ0v) is 10.8. The van der Waals surface area contributed by atoms with Crippen LogP contribution in [0.25, 0.3) is 0 Å². The Morgan fingerprint density at radius 3 is 3.11 bits per heavy atom. The fourth-order valence-corrected chi connectivity index (χ4v) is 2.50. The summed E-state index contributed by atoms with van der Waals surface area (Å²) in [5, 5.41) is 3.31. The lowest BCUT2D eigenvalue weighted by Crippen LogP contribution is -2.46. The van der Waals surface area contributed by atoms with E-state index in [1.165, 1.54) is 0 Å². The Labute approximate surface area is 112 Å². The first-order chi connectivity index (χ1) is 9.34. The second-order valence-corrected chi connectivity index (χ2v) is 4.79. The molecule has 102 valence electrons. The summed E-state index contributed by atoms with van der Waals surface area (Å²) in [6, 6.07) is 7.80. The fraction of sp³-hybridized carbons (Fsp3) is 0.500. The van der Waals surface area contributed by atoms with E-state index in [1.807, 2.05) is 29.2 Å². The van der Waals surface area contributed by atoms with Crippen LogP contribution in [0.3, 0.4) is 0 Å². The van der Waals surface area contributed by atoms with Crippen molar-refractivity contribution in [2.75, 3.05) is 37.8 Å². The SMILES string of the molecule is O=C(CC1COCCN1)N1CCOc2ccccc21. The highest BCUT2D eigenvalue weighted by molar-refractivity contribution is 5.95. The van der Waals surface area contributed by atoms with Gasteiger partial charge in [-0.25, -0.2) is 0 Å². The molecule has 1 aromatic rings. The zero-order chi connectivity index (χ0) is 13.1. The van der Waals surface area contributed by atoms with Crippen LogP contribution in [0, 0.1) is 0 Å². The third kappa shape index (κ3) is 2.72. The molecule has 1 fully saturated rings. The highest BCUT2D eigenvalue weighted by Crippen LogP contribution is 2.31. The molecule has 0 saturated carbocycles. The number of nitrogens with one attached hydrogen (secondary N) is 1. The Bertz CT molecular complexity index is 458. The van der Waals surface area contributed by atoms with Crippen molar-refractivity contribution in [2.45, 2.75) is 12.5 Å². The lowest BCUT2D eigenvalue weighted by atomic mass is 10.1. The molecular formula is C14H18N2O3. The monoisotopic (exact) mass is 262 g/mol. The van der Waals surface area contributed by atoms with E-state index < -0.39 is 0 Å². The van der Waals surface area contributed by atoms with Crippen molar-refractivity contribution < 1.29 is 14.3 Å². The van der Waals surface area contributed by atoms with Crippen LogP contribution in [-0.4, -0.2) is 44.9 Å². The van der Waals surface area contributed by atoms with Crippen LogP contribution in [0.15, 0.2) is 24.3 Å². The molecule has 1 saturated heterocycles. The Kier molecular flexibility index (Phi) is 3.66. The highest BCUT2D eigenvalue weighted by Gasteiger charge is 2.26. The molecule has 1 N–H and O–H groups in total. The van der Waals surface area contributed by atoms with Crippen LogP contribution in [0.2, 0.25) is 0 Å². The molecule has 0 aromatic heterocycles. The molecule has 1 amide bonds. The van der Waals surface area contributed by atoms with Gasteiger partial charge in [0.15, 0.2) is 0 Å². The van der Waals surface area contributed by atoms with Gasteiger partial charge in [0.1, 0.15) is 12.4 Å². The first-order valence-corrected chi connectivity index (χ1v) is 6.68. The number of rotatable bonds is 2. The Balaban J connectivity index is 1.70. The number of anilines is 1. The van der Waals surface area contributed by atoms with E-state index >= 15 is 0 Å². The molecule has 5 nitrogen and oxygen atoms in total. The summed E-state index contributed by atoms with van der Waals surface area (Å²) in [5.41, 5.74) is 0.871. The molecule has 0 radical (unpaired) electrons. The predicted molar refractivity (Wildman–Crippen MR) is 71.5 cm³/mol. The van der Waals surface area contributed by atoms with E-state index in [0.717, 1.165) is 24.6 Å². The quantitative estimate of drug-likeness (QED) is 0.856. The van der Waals surface area contributed by atoms with Gasteiger partial charge in [0.05, 0.1) is 25.4 Å². The van der Waals surface area contributed by atoms with E-state index in [0.29, 0.717) is 26.2 Å². The van der Waals surface area contributed by atoms with Gasteiger partial charge in [-0.1, -0.05) is 12.1 Å². The molecule has 5 heteroatoms. The Hall–Kier alpha value is -1.59. The van der Waals surface area contributed by atoms with Gasteiger partial charge in [-0.15, -0.1) is 0 Å². The maximum Gasteiger partial charge on any atom is 0.228 e. The number of morpholine rings is 1. The lowest BCUT2D eigenvalue weighted by molar-refractivity contribution is -0.120. The average molecular weight is 262 g/mol. The van der Waals surface area contributed by atoms with Crippen molar-refractivity contribution in [3.63, 3.8) is 0 Å². The fourth-order valence-electron chi connectivity index (χ4n) is 2.50. The second kappa shape index (κ2) is 5.59. The number of ether oxygens (including phenoxy) is 2. The molecule has 19 heavy (non-hydrogen) atoms. The van der Waals surface area contributed by atoms with Crippen molar-refractivity contribution >= 4 is 11.6 Å². The molecule has 0 aliphatic carbocycles. The van der Waals surface area contributed by atoms with Gasteiger partial charge in [-0.05, 0) is 12.1 Å². The Morgan fingerprint density at radius 1 is 1.37 bits per heavy atom. The maximum atomic E-state index is 12.4. The minimum Gasteiger partial charge on any atom is -0.490 e. The normalized spacial score (nSPS) is 22.5. The van der Waals surface area contributed by atoms with Crippen molar-refractivity contribution in [2.24, 2.45) is 0 Å². The number of nitrogens with zero attached hydrogens (tertiary/aromatic N) is 1. The smallest absolute Gasteiger partial charge is 0.228 e. The molecule has 2 heterocycles. The zero-order valence-electron chi connectivity index (χ0n) is 10.8. The summed E-state index contributed by atoms with van der Waals surface area (Å²) in [6.45, 7) is 3.32. The summed E-state index contributed by atoms with van der Waals surface area (Å²) in [6.07, 6.45) is 0.467. The summed E-state index contributed by atoms with van der Waals surface area (Å²) >= 11 is 0. The largest absolute Gasteiger partial charge is 0.490 e. The molecule has 2 aliphatic heterocycles. The molecule has 0 spiro atoms. The van der Waals surface area contributed by atoms with Crippen LogP contribution in [0.5, 0.6) is 5.75 Å². The standard InChI is InChI=1S/C14H18N2O3/c17-14(9-11-10-18-7-5-15-11)16-6-8-19-13-4-2-1-3-12(13)16/h1-4,11,15H,5-10H2. The number of carbonyl (C=O) groups is 1. The topological polar surface area (TPSA) is 50.8 Å². The van der Waals surface area contributed by atoms with E-state index in [1.54, 1.807) is 0 Å². The third-order valence-electron chi connectivity index (χ3n) is 3.45. The maximum absolute atomic E-state index is 12.4. The third-order valence-corrected chi connectivity index (χ3v) is 3.45. The van der Waals surface area contributed by atoms with Crippen LogP contribution in [0.1, 0.15) is 6.42 Å². The molecular weight excluding hydrogens is 244 g/mol. The van der Waals surface area contributed by atoms with E-state index in [4.69, 9.17) is 9.47 Å². The van der Waals surface area contributed by atoms with E-state index in [-0.39, 0.29) is 11.9 Å². The van der Waals surface area contributed by atoms with Crippen LogP contribution < -0.4 is 15.0 Å². The summed E-state index contributed by atoms with van der Waals surface area (Å²) in [7, 11) is 0. The number of fused-ring (bicyclic) bond motifs is 1. The first kappa shape index (κ1) is 12.4. The van der Waals surface area contributed by atoms with Crippen molar-refractivity contribution in [1.29, 1.82) is 0 Å². The number of para-hydroxylation sites is 2. The molecule has 3 rings (SSSR count). The molecule has 1 aromatic carbocycles. The van der Waals surface area contributed by atoms with Gasteiger partial charge >= 0.3 is 0 Å². The summed E-state index contributed by atoms with van der Waals surface area (Å²) in [5.74, 6) is 0.911. The number of benzene rings is 1. The number of hydrogen-bond acceptors (Lipinski definition) is 4. The predicted octanol–water partition coefficient (Wildman–Crippen LogP) is 0.790. The number of hydrogen-bond donors (Lipinski definition) is 1. The molecule has 1 unspecified atom stereocenters. The molecule has 1 atom stereocenters. The van der Waals surface area contributed by atoms with Gasteiger partial charge in [-0.3, -0.25) is 4.79 Å². The molecule has 2 aliphatic rings. The van der Waals surface area contributed by atoms with Crippen molar-refractivity contribution in [3.05, 3.63) is 24.3 Å². The highest BCUT2D eigenvalue weighted by atomic mass is 16.5. The summed E-state index contributed by atoms with van der Waals surface area (Å²) in [4.78, 5) is 14.2.